The van der Waals surface area contributed by atoms with Gasteiger partial charge in [-0.1, -0.05) is 37.8 Å². The lowest BCUT2D eigenvalue weighted by Gasteiger charge is -2.26. The lowest BCUT2D eigenvalue weighted by atomic mass is 9.85. The van der Waals surface area contributed by atoms with E-state index in [1.165, 1.54) is 32.1 Å². The van der Waals surface area contributed by atoms with E-state index in [0.29, 0.717) is 17.6 Å². The summed E-state index contributed by atoms with van der Waals surface area (Å²) in [7, 11) is 1.72. The van der Waals surface area contributed by atoms with Crippen molar-refractivity contribution in [1.82, 2.24) is 10.1 Å². The molecule has 1 aliphatic carbocycles. The topological polar surface area (TPSA) is 74.2 Å². The Morgan fingerprint density at radius 1 is 1.37 bits per heavy atom. The summed E-state index contributed by atoms with van der Waals surface area (Å²) in [6.45, 7) is 2.09. The Morgan fingerprint density at radius 2 is 2.11 bits per heavy atom. The van der Waals surface area contributed by atoms with Gasteiger partial charge in [-0.15, -0.1) is 0 Å². The van der Waals surface area contributed by atoms with Gasteiger partial charge in [0.2, 0.25) is 11.7 Å². The van der Waals surface area contributed by atoms with Crippen LogP contribution in [0.25, 0.3) is 0 Å². The lowest BCUT2D eigenvalue weighted by Crippen LogP contribution is -2.19. The number of rotatable bonds is 6. The highest BCUT2D eigenvalue weighted by Gasteiger charge is 2.29. The number of nitrogens with two attached hydrogens (primary N) is 1. The summed E-state index contributed by atoms with van der Waals surface area (Å²) in [6.07, 6.45) is 8.05. The van der Waals surface area contributed by atoms with Crippen molar-refractivity contribution in [3.63, 3.8) is 0 Å². The van der Waals surface area contributed by atoms with Crippen LogP contribution in [0, 0.1) is 5.92 Å². The normalized spacial score (nSPS) is 20.4. The minimum Gasteiger partial charge on any atom is -0.373 e. The van der Waals surface area contributed by atoms with Crippen LogP contribution in [0.3, 0.4) is 0 Å². The SMILES string of the molecule is CCC[C@H](N)c1nc(C(OC)C2CCCCC2)no1. The van der Waals surface area contributed by atoms with Crippen molar-refractivity contribution < 1.29 is 9.26 Å². The van der Waals surface area contributed by atoms with E-state index in [4.69, 9.17) is 15.0 Å². The maximum Gasteiger partial charge on any atom is 0.243 e. The molecule has 19 heavy (non-hydrogen) atoms. The van der Waals surface area contributed by atoms with Crippen molar-refractivity contribution in [2.75, 3.05) is 7.11 Å². The summed E-state index contributed by atoms with van der Waals surface area (Å²) >= 11 is 0. The molecule has 1 unspecified atom stereocenters. The minimum atomic E-state index is -0.157. The molecule has 1 saturated carbocycles. The van der Waals surface area contributed by atoms with Crippen LogP contribution in [0.2, 0.25) is 0 Å². The third-order valence-electron chi connectivity index (χ3n) is 3.96. The second-order valence-electron chi connectivity index (χ2n) is 5.44. The molecule has 2 N–H and O–H groups in total. The van der Waals surface area contributed by atoms with Gasteiger partial charge in [-0.25, -0.2) is 0 Å². The smallest absolute Gasteiger partial charge is 0.243 e. The van der Waals surface area contributed by atoms with Gasteiger partial charge in [0, 0.05) is 7.11 Å². The average Bonchev–Trinajstić information content (AvgIpc) is 2.91. The molecule has 1 fully saturated rings. The quantitative estimate of drug-likeness (QED) is 0.857. The zero-order valence-electron chi connectivity index (χ0n) is 12.0. The molecule has 0 aromatic carbocycles. The first kappa shape index (κ1) is 14.5. The molecule has 1 aliphatic rings. The molecule has 5 heteroatoms. The minimum absolute atomic E-state index is 0.0494. The van der Waals surface area contributed by atoms with Crippen LogP contribution in [-0.4, -0.2) is 17.3 Å². The third kappa shape index (κ3) is 3.54. The summed E-state index contributed by atoms with van der Waals surface area (Å²) < 4.78 is 10.9. The summed E-state index contributed by atoms with van der Waals surface area (Å²) in [4.78, 5) is 4.45. The number of hydrogen-bond acceptors (Lipinski definition) is 5. The molecule has 1 heterocycles. The van der Waals surface area contributed by atoms with Gasteiger partial charge in [0.25, 0.3) is 0 Å². The molecule has 0 amide bonds. The van der Waals surface area contributed by atoms with E-state index in [9.17, 15) is 0 Å². The van der Waals surface area contributed by atoms with E-state index >= 15 is 0 Å². The van der Waals surface area contributed by atoms with Crippen LogP contribution < -0.4 is 5.73 Å². The highest BCUT2D eigenvalue weighted by atomic mass is 16.5. The molecule has 2 rings (SSSR count). The van der Waals surface area contributed by atoms with Crippen LogP contribution in [0.1, 0.15) is 75.7 Å². The van der Waals surface area contributed by atoms with Crippen LogP contribution in [0.5, 0.6) is 0 Å². The first-order chi connectivity index (χ1) is 9.26. The van der Waals surface area contributed by atoms with Crippen LogP contribution in [-0.2, 0) is 4.74 Å². The van der Waals surface area contributed by atoms with Gasteiger partial charge in [-0.2, -0.15) is 4.98 Å². The van der Waals surface area contributed by atoms with E-state index in [1.807, 2.05) is 0 Å². The summed E-state index contributed by atoms with van der Waals surface area (Å²) in [6, 6.07) is -0.157. The molecule has 0 spiro atoms. The van der Waals surface area contributed by atoms with Crippen molar-refractivity contribution in [2.45, 2.75) is 64.0 Å². The average molecular weight is 267 g/mol. The molecule has 5 nitrogen and oxygen atoms in total. The molecular formula is C14H25N3O2. The second-order valence-corrected chi connectivity index (χ2v) is 5.44. The largest absolute Gasteiger partial charge is 0.373 e. The number of ether oxygens (including phenoxy) is 1. The van der Waals surface area contributed by atoms with Gasteiger partial charge < -0.3 is 15.0 Å². The monoisotopic (exact) mass is 267 g/mol. The summed E-state index contributed by atoms with van der Waals surface area (Å²) in [5.74, 6) is 1.71. The first-order valence-electron chi connectivity index (χ1n) is 7.38. The molecule has 0 bridgehead atoms. The van der Waals surface area contributed by atoms with Crippen molar-refractivity contribution in [3.05, 3.63) is 11.7 Å². The number of methoxy groups -OCH3 is 1. The van der Waals surface area contributed by atoms with E-state index in [-0.39, 0.29) is 12.1 Å². The Bertz CT molecular complexity index is 375. The predicted molar refractivity (Wildman–Crippen MR) is 72.5 cm³/mol. The molecule has 0 saturated heterocycles. The van der Waals surface area contributed by atoms with Gasteiger partial charge in [-0.05, 0) is 25.2 Å². The fourth-order valence-corrected chi connectivity index (χ4v) is 2.89. The molecule has 108 valence electrons. The summed E-state index contributed by atoms with van der Waals surface area (Å²) in [5, 5.41) is 4.07. The Hall–Kier alpha value is -0.940. The molecule has 1 aromatic heterocycles. The zero-order valence-corrected chi connectivity index (χ0v) is 12.0. The zero-order chi connectivity index (χ0) is 13.7. The maximum absolute atomic E-state index is 6.00. The maximum atomic E-state index is 6.00. The Balaban J connectivity index is 2.06. The van der Waals surface area contributed by atoms with Gasteiger partial charge in [0.15, 0.2) is 0 Å². The first-order valence-corrected chi connectivity index (χ1v) is 7.38. The Labute approximate surface area is 114 Å². The van der Waals surface area contributed by atoms with E-state index < -0.39 is 0 Å². The predicted octanol–water partition coefficient (Wildman–Crippen LogP) is 3.14. The van der Waals surface area contributed by atoms with E-state index in [0.717, 1.165) is 12.8 Å². The van der Waals surface area contributed by atoms with E-state index in [1.54, 1.807) is 7.11 Å². The van der Waals surface area contributed by atoms with Crippen molar-refractivity contribution in [3.8, 4) is 0 Å². The van der Waals surface area contributed by atoms with Crippen LogP contribution >= 0.6 is 0 Å². The van der Waals surface area contributed by atoms with Crippen molar-refractivity contribution in [2.24, 2.45) is 11.7 Å². The number of aromatic nitrogens is 2. The van der Waals surface area contributed by atoms with Gasteiger partial charge >= 0.3 is 0 Å². The number of nitrogens with zero attached hydrogens (tertiary/aromatic N) is 2. The summed E-state index contributed by atoms with van der Waals surface area (Å²) in [5.41, 5.74) is 6.00. The van der Waals surface area contributed by atoms with Crippen molar-refractivity contribution >= 4 is 0 Å². The Morgan fingerprint density at radius 3 is 2.74 bits per heavy atom. The van der Waals surface area contributed by atoms with Crippen molar-refractivity contribution in [1.29, 1.82) is 0 Å². The van der Waals surface area contributed by atoms with Crippen LogP contribution in [0.4, 0.5) is 0 Å². The second kappa shape index (κ2) is 7.01. The van der Waals surface area contributed by atoms with Gasteiger partial charge in [0.05, 0.1) is 6.04 Å². The van der Waals surface area contributed by atoms with E-state index in [2.05, 4.69) is 17.1 Å². The molecule has 0 aliphatic heterocycles. The molecule has 0 radical (unpaired) electrons. The van der Waals surface area contributed by atoms with Gasteiger partial charge in [-0.3, -0.25) is 0 Å². The molecular weight excluding hydrogens is 242 g/mol. The standard InChI is InChI=1S/C14H25N3O2/c1-3-7-11(15)14-16-13(17-19-14)12(18-2)10-8-5-4-6-9-10/h10-12H,3-9,15H2,1-2H3/t11-,12?/m0/s1. The highest BCUT2D eigenvalue weighted by Crippen LogP contribution is 2.35. The molecule has 1 aromatic rings. The lowest BCUT2D eigenvalue weighted by molar-refractivity contribution is 0.0273. The highest BCUT2D eigenvalue weighted by molar-refractivity contribution is 4.97. The fraction of sp³-hybridized carbons (Fsp3) is 0.857. The fourth-order valence-electron chi connectivity index (χ4n) is 2.89. The Kier molecular flexibility index (Phi) is 5.34. The van der Waals surface area contributed by atoms with Crippen LogP contribution in [0.15, 0.2) is 4.52 Å². The third-order valence-corrected chi connectivity index (χ3v) is 3.96. The van der Waals surface area contributed by atoms with Gasteiger partial charge in [0.1, 0.15) is 6.10 Å². The number of hydrogen-bond donors (Lipinski definition) is 1. The molecule has 2 atom stereocenters.